The molecular formula is C12H10ClF3N2. The van der Waals surface area contributed by atoms with Crippen molar-refractivity contribution in [1.29, 1.82) is 0 Å². The molecule has 18 heavy (non-hydrogen) atoms. The first kappa shape index (κ1) is 13.1. The summed E-state index contributed by atoms with van der Waals surface area (Å²) < 4.78 is 37.0. The van der Waals surface area contributed by atoms with Crippen molar-refractivity contribution in [1.82, 2.24) is 4.98 Å². The van der Waals surface area contributed by atoms with Gasteiger partial charge in [-0.25, -0.2) is 0 Å². The summed E-state index contributed by atoms with van der Waals surface area (Å²) in [4.78, 5) is 4.06. The van der Waals surface area contributed by atoms with Crippen LogP contribution in [0.4, 0.5) is 13.2 Å². The van der Waals surface area contributed by atoms with Crippen LogP contribution in [-0.4, -0.2) is 11.2 Å². The normalized spacial score (nSPS) is 13.8. The van der Waals surface area contributed by atoms with E-state index in [2.05, 4.69) is 4.98 Å². The number of nitrogens with zero attached hydrogens (tertiary/aromatic N) is 1. The van der Waals surface area contributed by atoms with Crippen molar-refractivity contribution in [2.75, 3.05) is 0 Å². The highest BCUT2D eigenvalue weighted by Gasteiger charge is 2.31. The molecule has 0 fully saturated rings. The lowest BCUT2D eigenvalue weighted by Crippen LogP contribution is -2.20. The Morgan fingerprint density at radius 3 is 2.67 bits per heavy atom. The standard InChI is InChI=1S/C12H10ClF3N2/c13-9-4-3-8(10(17)6-12(14,15)16)11-7(9)2-1-5-18-11/h1-5,10H,6,17H2/t10-/m0/s1. The fourth-order valence-electron chi connectivity index (χ4n) is 1.82. The smallest absolute Gasteiger partial charge is 0.324 e. The summed E-state index contributed by atoms with van der Waals surface area (Å²) >= 11 is 5.96. The van der Waals surface area contributed by atoms with E-state index in [0.717, 1.165) is 0 Å². The number of halogens is 4. The van der Waals surface area contributed by atoms with Gasteiger partial charge in [0.15, 0.2) is 0 Å². The van der Waals surface area contributed by atoms with Crippen LogP contribution < -0.4 is 5.73 Å². The van der Waals surface area contributed by atoms with Crippen LogP contribution in [0, 0.1) is 0 Å². The molecule has 0 aliphatic carbocycles. The maximum atomic E-state index is 12.3. The van der Waals surface area contributed by atoms with Gasteiger partial charge in [-0.2, -0.15) is 13.2 Å². The molecule has 0 amide bonds. The molecule has 0 radical (unpaired) electrons. The summed E-state index contributed by atoms with van der Waals surface area (Å²) in [7, 11) is 0. The van der Waals surface area contributed by atoms with Gasteiger partial charge in [0.1, 0.15) is 0 Å². The second-order valence-electron chi connectivity index (χ2n) is 3.96. The molecule has 0 unspecified atom stereocenters. The van der Waals surface area contributed by atoms with E-state index < -0.39 is 18.6 Å². The van der Waals surface area contributed by atoms with E-state index in [9.17, 15) is 13.2 Å². The SMILES string of the molecule is N[C@@H](CC(F)(F)F)c1ccc(Cl)c2cccnc12. The van der Waals surface area contributed by atoms with Crippen molar-refractivity contribution in [2.24, 2.45) is 5.73 Å². The van der Waals surface area contributed by atoms with E-state index in [4.69, 9.17) is 17.3 Å². The number of hydrogen-bond acceptors (Lipinski definition) is 2. The minimum atomic E-state index is -4.31. The van der Waals surface area contributed by atoms with Gasteiger partial charge in [-0.3, -0.25) is 4.98 Å². The number of aromatic nitrogens is 1. The molecule has 0 spiro atoms. The largest absolute Gasteiger partial charge is 0.390 e. The average molecular weight is 275 g/mol. The van der Waals surface area contributed by atoms with Crippen LogP contribution in [0.25, 0.3) is 10.9 Å². The van der Waals surface area contributed by atoms with Crippen LogP contribution in [0.2, 0.25) is 5.02 Å². The zero-order valence-corrected chi connectivity index (χ0v) is 9.96. The topological polar surface area (TPSA) is 38.9 Å². The molecule has 0 saturated carbocycles. The van der Waals surface area contributed by atoms with Gasteiger partial charge in [-0.15, -0.1) is 0 Å². The lowest BCUT2D eigenvalue weighted by molar-refractivity contribution is -0.138. The highest BCUT2D eigenvalue weighted by Crippen LogP contribution is 2.33. The molecule has 1 aromatic carbocycles. The Labute approximate surface area is 107 Å². The van der Waals surface area contributed by atoms with Gasteiger partial charge in [0.25, 0.3) is 0 Å². The highest BCUT2D eigenvalue weighted by atomic mass is 35.5. The lowest BCUT2D eigenvalue weighted by atomic mass is 10.0. The second kappa shape index (κ2) is 4.74. The molecule has 96 valence electrons. The van der Waals surface area contributed by atoms with Gasteiger partial charge < -0.3 is 5.73 Å². The monoisotopic (exact) mass is 274 g/mol. The van der Waals surface area contributed by atoms with Crippen molar-refractivity contribution < 1.29 is 13.2 Å². The number of benzene rings is 1. The first-order chi connectivity index (χ1) is 8.38. The van der Waals surface area contributed by atoms with E-state index in [1.165, 1.54) is 18.3 Å². The maximum Gasteiger partial charge on any atom is 0.390 e. The van der Waals surface area contributed by atoms with Gasteiger partial charge in [-0.05, 0) is 23.8 Å². The summed E-state index contributed by atoms with van der Waals surface area (Å²) in [6.07, 6.45) is -3.89. The Morgan fingerprint density at radius 2 is 2.00 bits per heavy atom. The van der Waals surface area contributed by atoms with Crippen LogP contribution >= 0.6 is 11.6 Å². The third kappa shape index (κ3) is 2.73. The fraction of sp³-hybridized carbons (Fsp3) is 0.250. The van der Waals surface area contributed by atoms with E-state index >= 15 is 0 Å². The summed E-state index contributed by atoms with van der Waals surface area (Å²) in [5.74, 6) is 0. The van der Waals surface area contributed by atoms with Crippen molar-refractivity contribution in [3.05, 3.63) is 41.0 Å². The first-order valence-electron chi connectivity index (χ1n) is 5.24. The molecular weight excluding hydrogens is 265 g/mol. The fourth-order valence-corrected chi connectivity index (χ4v) is 2.03. The molecule has 0 bridgehead atoms. The van der Waals surface area contributed by atoms with Crippen LogP contribution in [0.3, 0.4) is 0 Å². The average Bonchev–Trinajstić information content (AvgIpc) is 2.27. The van der Waals surface area contributed by atoms with Crippen molar-refractivity contribution in [3.8, 4) is 0 Å². The second-order valence-corrected chi connectivity index (χ2v) is 4.37. The van der Waals surface area contributed by atoms with E-state index in [1.54, 1.807) is 12.1 Å². The van der Waals surface area contributed by atoms with Crippen molar-refractivity contribution >= 4 is 22.5 Å². The predicted octanol–water partition coefficient (Wildman–Crippen LogP) is 3.84. The van der Waals surface area contributed by atoms with Gasteiger partial charge in [0, 0.05) is 22.6 Å². The highest BCUT2D eigenvalue weighted by molar-refractivity contribution is 6.35. The van der Waals surface area contributed by atoms with Gasteiger partial charge in [0.05, 0.1) is 11.9 Å². The van der Waals surface area contributed by atoms with Crippen LogP contribution in [0.5, 0.6) is 0 Å². The van der Waals surface area contributed by atoms with Gasteiger partial charge in [0.2, 0.25) is 0 Å². The summed E-state index contributed by atoms with van der Waals surface area (Å²) in [5, 5.41) is 1.05. The molecule has 2 rings (SSSR count). The molecule has 2 aromatic rings. The molecule has 0 aliphatic rings. The predicted molar refractivity (Wildman–Crippen MR) is 64.4 cm³/mol. The first-order valence-corrected chi connectivity index (χ1v) is 5.62. The Hall–Kier alpha value is -1.33. The van der Waals surface area contributed by atoms with Gasteiger partial charge >= 0.3 is 6.18 Å². The summed E-state index contributed by atoms with van der Waals surface area (Å²) in [6, 6.07) is 5.27. The minimum absolute atomic E-state index is 0.354. The molecule has 2 N–H and O–H groups in total. The number of hydrogen-bond donors (Lipinski definition) is 1. The lowest BCUT2D eigenvalue weighted by Gasteiger charge is -2.16. The molecule has 6 heteroatoms. The summed E-state index contributed by atoms with van der Waals surface area (Å²) in [6.45, 7) is 0. The number of rotatable bonds is 2. The van der Waals surface area contributed by atoms with Crippen LogP contribution in [0.15, 0.2) is 30.5 Å². The quantitative estimate of drug-likeness (QED) is 0.904. The Bertz CT molecular complexity index is 569. The third-order valence-corrected chi connectivity index (χ3v) is 2.93. The Kier molecular flexibility index (Phi) is 3.45. The zero-order valence-electron chi connectivity index (χ0n) is 9.21. The number of fused-ring (bicyclic) bond motifs is 1. The molecule has 1 atom stereocenters. The Morgan fingerprint density at radius 1 is 1.28 bits per heavy atom. The molecule has 2 nitrogen and oxygen atoms in total. The van der Waals surface area contributed by atoms with Crippen LogP contribution in [-0.2, 0) is 0 Å². The zero-order chi connectivity index (χ0) is 13.3. The van der Waals surface area contributed by atoms with E-state index in [0.29, 0.717) is 21.5 Å². The number of nitrogens with two attached hydrogens (primary N) is 1. The summed E-state index contributed by atoms with van der Waals surface area (Å²) in [5.41, 5.74) is 6.37. The number of pyridine rings is 1. The third-order valence-electron chi connectivity index (χ3n) is 2.60. The number of alkyl halides is 3. The Balaban J connectivity index is 2.49. The molecule has 0 saturated heterocycles. The van der Waals surface area contributed by atoms with Crippen molar-refractivity contribution in [2.45, 2.75) is 18.6 Å². The van der Waals surface area contributed by atoms with E-state index in [-0.39, 0.29) is 0 Å². The molecule has 1 aromatic heterocycles. The maximum absolute atomic E-state index is 12.3. The molecule has 1 heterocycles. The minimum Gasteiger partial charge on any atom is -0.324 e. The van der Waals surface area contributed by atoms with E-state index in [1.807, 2.05) is 0 Å². The van der Waals surface area contributed by atoms with Crippen molar-refractivity contribution in [3.63, 3.8) is 0 Å². The van der Waals surface area contributed by atoms with Crippen LogP contribution in [0.1, 0.15) is 18.0 Å². The van der Waals surface area contributed by atoms with Gasteiger partial charge in [-0.1, -0.05) is 17.7 Å². The molecule has 0 aliphatic heterocycles.